The minimum absolute atomic E-state index is 0.651. The number of aryl methyl sites for hydroxylation is 3. The van der Waals surface area contributed by atoms with Gasteiger partial charge >= 0.3 is 0 Å². The van der Waals surface area contributed by atoms with E-state index in [1.165, 1.54) is 39.7 Å². The summed E-state index contributed by atoms with van der Waals surface area (Å²) in [6, 6.07) is 13.3. The third-order valence-corrected chi connectivity index (χ3v) is 8.00. The first kappa shape index (κ1) is 13.0. The highest BCUT2D eigenvalue weighted by Crippen LogP contribution is 2.29. The molecule has 0 radical (unpaired) electrons. The molecule has 21 heavy (non-hydrogen) atoms. The van der Waals surface area contributed by atoms with Crippen LogP contribution in [0.15, 0.2) is 36.5 Å². The Morgan fingerprint density at radius 2 is 1.90 bits per heavy atom. The minimum atomic E-state index is -0.651. The Morgan fingerprint density at radius 3 is 2.71 bits per heavy atom. The molecule has 2 aromatic carbocycles. The quantitative estimate of drug-likeness (QED) is 0.369. The lowest BCUT2D eigenvalue weighted by Crippen LogP contribution is -2.32. The zero-order chi connectivity index (χ0) is 14.6. The van der Waals surface area contributed by atoms with Gasteiger partial charge in [-0.3, -0.25) is 0 Å². The van der Waals surface area contributed by atoms with Crippen molar-refractivity contribution in [2.75, 3.05) is 0 Å². The third-order valence-electron chi connectivity index (χ3n) is 5.25. The fraction of sp³-hybridized carbons (Fsp3) is 0.316. The second-order valence-electron chi connectivity index (χ2n) is 6.46. The van der Waals surface area contributed by atoms with Gasteiger partial charge in [-0.05, 0) is 40.3 Å². The number of pyridine rings is 1. The number of hydrogen-bond donors (Lipinski definition) is 0. The lowest BCUT2D eigenvalue weighted by Gasteiger charge is -2.10. The van der Waals surface area contributed by atoms with Gasteiger partial charge in [-0.25, -0.2) is 4.57 Å². The van der Waals surface area contributed by atoms with Crippen LogP contribution in [0.3, 0.4) is 0 Å². The SMILES string of the molecule is CCc1c2cc3c4c(ccc3cc2cc[n+]1C)[SiH](C)CC4. The van der Waals surface area contributed by atoms with Crippen molar-refractivity contribution in [3.05, 3.63) is 47.8 Å². The summed E-state index contributed by atoms with van der Waals surface area (Å²) >= 11 is 0. The lowest BCUT2D eigenvalue weighted by molar-refractivity contribution is -0.677. The van der Waals surface area contributed by atoms with Gasteiger partial charge in [0.25, 0.3) is 0 Å². The van der Waals surface area contributed by atoms with E-state index in [9.17, 15) is 0 Å². The summed E-state index contributed by atoms with van der Waals surface area (Å²) in [5, 5.41) is 7.45. The highest BCUT2D eigenvalue weighted by Gasteiger charge is 2.22. The van der Waals surface area contributed by atoms with Crippen LogP contribution in [0.25, 0.3) is 21.5 Å². The first-order chi connectivity index (χ1) is 10.2. The van der Waals surface area contributed by atoms with Gasteiger partial charge in [0, 0.05) is 17.9 Å². The number of fused-ring (bicyclic) bond motifs is 4. The van der Waals surface area contributed by atoms with Crippen LogP contribution in [0.4, 0.5) is 0 Å². The van der Waals surface area contributed by atoms with Gasteiger partial charge in [0.2, 0.25) is 0 Å². The highest BCUT2D eigenvalue weighted by atomic mass is 28.3. The highest BCUT2D eigenvalue weighted by molar-refractivity contribution is 6.74. The average molecular weight is 292 g/mol. The van der Waals surface area contributed by atoms with Crippen molar-refractivity contribution in [1.82, 2.24) is 0 Å². The Balaban J connectivity index is 2.12. The molecule has 0 amide bonds. The molecule has 0 saturated heterocycles. The summed E-state index contributed by atoms with van der Waals surface area (Å²) in [5.74, 6) is 0. The minimum Gasteiger partial charge on any atom is -0.205 e. The Bertz CT molecular complexity index is 866. The molecule has 2 heterocycles. The maximum atomic E-state index is 2.50. The molecule has 0 bridgehead atoms. The predicted molar refractivity (Wildman–Crippen MR) is 93.2 cm³/mol. The molecule has 1 atom stereocenters. The standard InChI is InChI=1S/C19H22NSi/c1-4-18-17-12-16-13(11-14(17)7-9-20(18)2)5-6-19-15(16)8-10-21(19)3/h5-7,9,11-12,21H,4,8,10H2,1-3H3/q+1. The van der Waals surface area contributed by atoms with Crippen LogP contribution in [-0.4, -0.2) is 8.80 Å². The van der Waals surface area contributed by atoms with Gasteiger partial charge in [0.15, 0.2) is 11.9 Å². The zero-order valence-corrected chi connectivity index (χ0v) is 14.3. The van der Waals surface area contributed by atoms with E-state index in [4.69, 9.17) is 0 Å². The summed E-state index contributed by atoms with van der Waals surface area (Å²) in [7, 11) is 1.51. The van der Waals surface area contributed by atoms with Crippen molar-refractivity contribution in [3.63, 3.8) is 0 Å². The topological polar surface area (TPSA) is 3.88 Å². The molecule has 0 aliphatic carbocycles. The second kappa shape index (κ2) is 4.67. The normalized spacial score (nSPS) is 17.6. The summed E-state index contributed by atoms with van der Waals surface area (Å²) in [4.78, 5) is 0. The molecular formula is C19H22NSi+. The molecule has 0 fully saturated rings. The van der Waals surface area contributed by atoms with Crippen molar-refractivity contribution in [2.24, 2.45) is 7.05 Å². The van der Waals surface area contributed by atoms with Crippen LogP contribution >= 0.6 is 0 Å². The molecule has 1 nitrogen and oxygen atoms in total. The summed E-state index contributed by atoms with van der Waals surface area (Å²) in [5.41, 5.74) is 3.09. The monoisotopic (exact) mass is 292 g/mol. The van der Waals surface area contributed by atoms with Gasteiger partial charge in [-0.1, -0.05) is 36.8 Å². The van der Waals surface area contributed by atoms with Crippen LogP contribution < -0.4 is 9.75 Å². The van der Waals surface area contributed by atoms with E-state index in [1.807, 2.05) is 0 Å². The summed E-state index contributed by atoms with van der Waals surface area (Å²) < 4.78 is 2.27. The molecule has 1 aliphatic rings. The van der Waals surface area contributed by atoms with E-state index >= 15 is 0 Å². The number of hydrogen-bond acceptors (Lipinski definition) is 0. The predicted octanol–water partition coefficient (Wildman–Crippen LogP) is 3.00. The smallest absolute Gasteiger partial charge is 0.188 e. The Morgan fingerprint density at radius 1 is 1.10 bits per heavy atom. The Kier molecular flexibility index (Phi) is 2.90. The van der Waals surface area contributed by atoms with Gasteiger partial charge in [0.1, 0.15) is 7.05 Å². The molecule has 0 saturated carbocycles. The number of rotatable bonds is 1. The molecule has 4 rings (SSSR count). The van der Waals surface area contributed by atoms with Crippen LogP contribution in [0.1, 0.15) is 18.2 Å². The van der Waals surface area contributed by atoms with Crippen LogP contribution in [0, 0.1) is 0 Å². The maximum Gasteiger partial charge on any atom is 0.188 e. The van der Waals surface area contributed by atoms with Crippen LogP contribution in [0.2, 0.25) is 12.6 Å². The average Bonchev–Trinajstić information content (AvgIpc) is 2.87. The first-order valence-electron chi connectivity index (χ1n) is 8.05. The van der Waals surface area contributed by atoms with E-state index in [0.717, 1.165) is 6.42 Å². The second-order valence-corrected chi connectivity index (χ2v) is 9.46. The number of nitrogens with zero attached hydrogens (tertiary/aromatic N) is 1. The largest absolute Gasteiger partial charge is 0.205 e. The van der Waals surface area contributed by atoms with E-state index in [1.54, 1.807) is 10.8 Å². The Labute approximate surface area is 127 Å². The maximum absolute atomic E-state index is 2.50. The fourth-order valence-corrected chi connectivity index (χ4v) is 6.38. The van der Waals surface area contributed by atoms with E-state index in [2.05, 4.69) is 61.6 Å². The van der Waals surface area contributed by atoms with Crippen molar-refractivity contribution in [3.8, 4) is 0 Å². The van der Waals surface area contributed by atoms with Gasteiger partial charge in [-0.15, -0.1) is 0 Å². The van der Waals surface area contributed by atoms with Crippen molar-refractivity contribution in [1.29, 1.82) is 0 Å². The molecule has 1 unspecified atom stereocenters. The van der Waals surface area contributed by atoms with Gasteiger partial charge in [-0.2, -0.15) is 0 Å². The molecule has 1 aliphatic heterocycles. The van der Waals surface area contributed by atoms with E-state index in [-0.39, 0.29) is 0 Å². The summed E-state index contributed by atoms with van der Waals surface area (Å²) in [6.07, 6.45) is 4.57. The van der Waals surface area contributed by atoms with Crippen LogP contribution in [-0.2, 0) is 19.9 Å². The first-order valence-corrected chi connectivity index (χ1v) is 10.6. The third kappa shape index (κ3) is 1.85. The van der Waals surface area contributed by atoms with Crippen molar-refractivity contribution >= 4 is 35.5 Å². The molecular weight excluding hydrogens is 270 g/mol. The van der Waals surface area contributed by atoms with Gasteiger partial charge < -0.3 is 0 Å². The number of benzene rings is 2. The molecule has 1 aromatic heterocycles. The molecule has 106 valence electrons. The molecule has 3 aromatic rings. The molecule has 0 spiro atoms. The van der Waals surface area contributed by atoms with Gasteiger partial charge in [0.05, 0.1) is 8.80 Å². The van der Waals surface area contributed by atoms with Crippen molar-refractivity contribution < 1.29 is 4.57 Å². The number of aromatic nitrogens is 1. The van der Waals surface area contributed by atoms with E-state index < -0.39 is 8.80 Å². The fourth-order valence-electron chi connectivity index (χ4n) is 4.03. The molecule has 0 N–H and O–H groups in total. The van der Waals surface area contributed by atoms with E-state index in [0.29, 0.717) is 0 Å². The Hall–Kier alpha value is -1.67. The van der Waals surface area contributed by atoms with Crippen molar-refractivity contribution in [2.45, 2.75) is 32.4 Å². The zero-order valence-electron chi connectivity index (χ0n) is 13.1. The molecule has 2 heteroatoms. The summed E-state index contributed by atoms with van der Waals surface area (Å²) in [6.45, 7) is 4.75. The lowest BCUT2D eigenvalue weighted by atomic mass is 9.97. The van der Waals surface area contributed by atoms with Crippen LogP contribution in [0.5, 0.6) is 0 Å².